The molecule has 3 aromatic rings. The lowest BCUT2D eigenvalue weighted by atomic mass is 10.2. The molecule has 0 aromatic heterocycles. The molecule has 3 rings (SSSR count). The van der Waals surface area contributed by atoms with Gasteiger partial charge in [0.1, 0.15) is 0 Å². The van der Waals surface area contributed by atoms with Crippen LogP contribution in [0.1, 0.15) is 5.56 Å². The second-order valence-electron chi connectivity index (χ2n) is 5.35. The van der Waals surface area contributed by atoms with Gasteiger partial charge in [-0.1, -0.05) is 70.2 Å². The van der Waals surface area contributed by atoms with Gasteiger partial charge in [-0.2, -0.15) is 0 Å². The molecule has 0 aliphatic carbocycles. The van der Waals surface area contributed by atoms with Crippen molar-refractivity contribution in [2.24, 2.45) is 0 Å². The van der Waals surface area contributed by atoms with Crippen molar-refractivity contribution in [1.82, 2.24) is 5.32 Å². The Balaban J connectivity index is 1.62. The fourth-order valence-electron chi connectivity index (χ4n) is 2.23. The summed E-state index contributed by atoms with van der Waals surface area (Å²) in [5, 5.41) is 5.82. The maximum absolute atomic E-state index is 12.2. The second kappa shape index (κ2) is 8.74. The zero-order chi connectivity index (χ0) is 17.5. The third kappa shape index (κ3) is 5.37. The van der Waals surface area contributed by atoms with Crippen LogP contribution in [0.2, 0.25) is 0 Å². The summed E-state index contributed by atoms with van der Waals surface area (Å²) in [6.45, 7) is 0.479. The van der Waals surface area contributed by atoms with E-state index in [1.165, 1.54) is 0 Å². The number of amides is 2. The summed E-state index contributed by atoms with van der Waals surface area (Å²) >= 11 is 5.03. The smallest absolute Gasteiger partial charge is 0.319 e. The first-order valence-corrected chi connectivity index (χ1v) is 9.43. The van der Waals surface area contributed by atoms with Crippen LogP contribution in [-0.4, -0.2) is 6.03 Å². The minimum Gasteiger partial charge on any atom is -0.334 e. The number of carbonyl (C=O) groups is 1. The molecular formula is C20H17BrN2OS. The van der Waals surface area contributed by atoms with Gasteiger partial charge in [0.2, 0.25) is 0 Å². The van der Waals surface area contributed by atoms with Crippen LogP contribution in [-0.2, 0) is 6.54 Å². The van der Waals surface area contributed by atoms with Gasteiger partial charge in [0.05, 0.1) is 5.69 Å². The summed E-state index contributed by atoms with van der Waals surface area (Å²) in [7, 11) is 0. The molecule has 3 aromatic carbocycles. The first kappa shape index (κ1) is 17.6. The van der Waals surface area contributed by atoms with E-state index in [-0.39, 0.29) is 6.03 Å². The van der Waals surface area contributed by atoms with Crippen molar-refractivity contribution in [3.8, 4) is 0 Å². The fraction of sp³-hybridized carbons (Fsp3) is 0.0500. The molecule has 0 bridgehead atoms. The molecule has 2 N–H and O–H groups in total. The predicted molar refractivity (Wildman–Crippen MR) is 107 cm³/mol. The van der Waals surface area contributed by atoms with Crippen LogP contribution in [0.3, 0.4) is 0 Å². The molecule has 5 heteroatoms. The molecule has 3 nitrogen and oxygen atoms in total. The van der Waals surface area contributed by atoms with Crippen molar-refractivity contribution in [3.63, 3.8) is 0 Å². The van der Waals surface area contributed by atoms with Crippen LogP contribution < -0.4 is 10.6 Å². The van der Waals surface area contributed by atoms with Crippen molar-refractivity contribution >= 4 is 39.4 Å². The van der Waals surface area contributed by atoms with Crippen molar-refractivity contribution < 1.29 is 4.79 Å². The van der Waals surface area contributed by atoms with E-state index in [2.05, 4.69) is 38.7 Å². The van der Waals surface area contributed by atoms with Crippen molar-refractivity contribution in [2.75, 3.05) is 5.32 Å². The number of hydrogen-bond acceptors (Lipinski definition) is 2. The summed E-state index contributed by atoms with van der Waals surface area (Å²) in [4.78, 5) is 14.4. The van der Waals surface area contributed by atoms with Gasteiger partial charge < -0.3 is 10.6 Å². The second-order valence-corrected chi connectivity index (χ2v) is 7.38. The highest BCUT2D eigenvalue weighted by Crippen LogP contribution is 2.33. The highest BCUT2D eigenvalue weighted by atomic mass is 79.9. The van der Waals surface area contributed by atoms with E-state index in [0.717, 1.165) is 25.5 Å². The topological polar surface area (TPSA) is 41.1 Å². The molecule has 0 saturated heterocycles. The lowest BCUT2D eigenvalue weighted by molar-refractivity contribution is 0.251. The van der Waals surface area contributed by atoms with E-state index in [1.54, 1.807) is 11.8 Å². The normalized spacial score (nSPS) is 10.3. The number of rotatable bonds is 5. The van der Waals surface area contributed by atoms with Crippen LogP contribution in [0.4, 0.5) is 10.5 Å². The van der Waals surface area contributed by atoms with Gasteiger partial charge in [-0.15, -0.1) is 0 Å². The highest BCUT2D eigenvalue weighted by Gasteiger charge is 2.07. The Kier molecular flexibility index (Phi) is 6.14. The monoisotopic (exact) mass is 412 g/mol. The molecule has 0 fully saturated rings. The molecule has 0 radical (unpaired) electrons. The van der Waals surface area contributed by atoms with Crippen molar-refractivity contribution in [3.05, 3.63) is 88.9 Å². The quantitative estimate of drug-likeness (QED) is 0.545. The maximum Gasteiger partial charge on any atom is 0.319 e. The molecule has 126 valence electrons. The molecule has 0 unspecified atom stereocenters. The van der Waals surface area contributed by atoms with Gasteiger partial charge in [-0.3, -0.25) is 0 Å². The van der Waals surface area contributed by atoms with E-state index in [0.29, 0.717) is 6.54 Å². The number of para-hydroxylation sites is 1. The number of urea groups is 1. The molecule has 25 heavy (non-hydrogen) atoms. The largest absolute Gasteiger partial charge is 0.334 e. The average Bonchev–Trinajstić information content (AvgIpc) is 2.64. The fourth-order valence-corrected chi connectivity index (χ4v) is 3.41. The Labute approximate surface area is 160 Å². The minimum atomic E-state index is -0.218. The summed E-state index contributed by atoms with van der Waals surface area (Å²) in [6.07, 6.45) is 0. The molecular weight excluding hydrogens is 396 g/mol. The Hall–Kier alpha value is -2.24. The minimum absolute atomic E-state index is 0.218. The lowest BCUT2D eigenvalue weighted by Crippen LogP contribution is -2.28. The van der Waals surface area contributed by atoms with Gasteiger partial charge in [-0.25, -0.2) is 4.79 Å². The third-order valence-corrected chi connectivity index (χ3v) is 5.09. The molecule has 0 saturated carbocycles. The maximum atomic E-state index is 12.2. The summed E-state index contributed by atoms with van der Waals surface area (Å²) in [6, 6.07) is 25.5. The Morgan fingerprint density at radius 1 is 0.880 bits per heavy atom. The van der Waals surface area contributed by atoms with E-state index < -0.39 is 0 Å². The van der Waals surface area contributed by atoms with Crippen molar-refractivity contribution in [2.45, 2.75) is 16.3 Å². The standard InChI is InChI=1S/C20H17BrN2OS/c21-16-12-10-15(11-13-16)14-22-20(24)23-18-8-4-5-9-19(18)25-17-6-2-1-3-7-17/h1-13H,14H2,(H2,22,23,24). The third-order valence-electron chi connectivity index (χ3n) is 3.47. The van der Waals surface area contributed by atoms with E-state index >= 15 is 0 Å². The van der Waals surface area contributed by atoms with Gasteiger partial charge in [-0.05, 0) is 42.0 Å². The lowest BCUT2D eigenvalue weighted by Gasteiger charge is -2.12. The number of carbonyl (C=O) groups excluding carboxylic acids is 1. The average molecular weight is 413 g/mol. The molecule has 0 spiro atoms. The number of hydrogen-bond donors (Lipinski definition) is 2. The van der Waals surface area contributed by atoms with Gasteiger partial charge in [0.15, 0.2) is 0 Å². The Bertz CT molecular complexity index is 838. The van der Waals surface area contributed by atoms with Gasteiger partial charge in [0.25, 0.3) is 0 Å². The van der Waals surface area contributed by atoms with E-state index in [4.69, 9.17) is 0 Å². The van der Waals surface area contributed by atoms with Crippen LogP contribution in [0.5, 0.6) is 0 Å². The zero-order valence-corrected chi connectivity index (χ0v) is 15.8. The van der Waals surface area contributed by atoms with E-state index in [9.17, 15) is 4.79 Å². The number of halogens is 1. The van der Waals surface area contributed by atoms with Gasteiger partial charge in [0, 0.05) is 20.8 Å². The molecule has 0 atom stereocenters. The van der Waals surface area contributed by atoms with Crippen LogP contribution in [0.15, 0.2) is 93.1 Å². The van der Waals surface area contributed by atoms with Crippen LogP contribution in [0.25, 0.3) is 0 Å². The molecule has 0 aliphatic heterocycles. The molecule has 2 amide bonds. The summed E-state index contributed by atoms with van der Waals surface area (Å²) in [5.41, 5.74) is 1.84. The SMILES string of the molecule is O=C(NCc1ccc(Br)cc1)Nc1ccccc1Sc1ccccc1. The van der Waals surface area contributed by atoms with Gasteiger partial charge >= 0.3 is 6.03 Å². The predicted octanol–water partition coefficient (Wildman–Crippen LogP) is 5.92. The summed E-state index contributed by atoms with van der Waals surface area (Å²) in [5.74, 6) is 0. The molecule has 0 aliphatic rings. The summed E-state index contributed by atoms with van der Waals surface area (Å²) < 4.78 is 1.02. The first-order valence-electron chi connectivity index (χ1n) is 7.82. The molecule has 0 heterocycles. The number of nitrogens with one attached hydrogen (secondary N) is 2. The Morgan fingerprint density at radius 3 is 2.32 bits per heavy atom. The zero-order valence-electron chi connectivity index (χ0n) is 13.4. The number of benzene rings is 3. The number of anilines is 1. The van der Waals surface area contributed by atoms with Crippen LogP contribution >= 0.6 is 27.7 Å². The first-order chi connectivity index (χ1) is 12.2. The van der Waals surface area contributed by atoms with Crippen LogP contribution in [0, 0.1) is 0 Å². The van der Waals surface area contributed by atoms with E-state index in [1.807, 2.05) is 66.7 Å². The Morgan fingerprint density at radius 2 is 1.56 bits per heavy atom. The van der Waals surface area contributed by atoms with Crippen molar-refractivity contribution in [1.29, 1.82) is 0 Å². The highest BCUT2D eigenvalue weighted by molar-refractivity contribution is 9.10.